The Kier molecular flexibility index (Phi) is 6.22. The summed E-state index contributed by atoms with van der Waals surface area (Å²) in [7, 11) is 0. The lowest BCUT2D eigenvalue weighted by molar-refractivity contribution is -0.118. The predicted molar refractivity (Wildman–Crippen MR) is 124 cm³/mol. The molecule has 2 aromatic carbocycles. The third-order valence-corrected chi connectivity index (χ3v) is 6.52. The highest BCUT2D eigenvalue weighted by atomic mass is 35.5. The molecule has 0 atom stereocenters. The summed E-state index contributed by atoms with van der Waals surface area (Å²) < 4.78 is 2.09. The van der Waals surface area contributed by atoms with Crippen molar-refractivity contribution >= 4 is 50.8 Å². The first-order valence-corrected chi connectivity index (χ1v) is 11.5. The Bertz CT molecular complexity index is 1270. The van der Waals surface area contributed by atoms with Crippen molar-refractivity contribution in [2.24, 2.45) is 0 Å². The van der Waals surface area contributed by atoms with Crippen molar-refractivity contribution in [2.75, 3.05) is 5.75 Å². The zero-order valence-corrected chi connectivity index (χ0v) is 18.5. The number of nitrogens with one attached hydrogen (secondary N) is 1. The SMILES string of the molecule is Cc1ccc(CNC(=O)CSc2nc3ccsc3c(=O)n2-c2cccc(Cl)c2)cc1. The summed E-state index contributed by atoms with van der Waals surface area (Å²) in [4.78, 5) is 30.1. The number of hydrogen-bond acceptors (Lipinski definition) is 5. The van der Waals surface area contributed by atoms with Crippen LogP contribution in [-0.2, 0) is 11.3 Å². The Labute approximate surface area is 186 Å². The molecule has 2 heterocycles. The summed E-state index contributed by atoms with van der Waals surface area (Å²) >= 11 is 8.71. The lowest BCUT2D eigenvalue weighted by Gasteiger charge is -2.12. The number of benzene rings is 2. The minimum absolute atomic E-state index is 0.127. The van der Waals surface area contributed by atoms with Crippen LogP contribution in [0, 0.1) is 6.92 Å². The number of hydrogen-bond donors (Lipinski definition) is 1. The smallest absolute Gasteiger partial charge is 0.276 e. The number of fused-ring (bicyclic) bond motifs is 1. The van der Waals surface area contributed by atoms with Crippen molar-refractivity contribution in [3.63, 3.8) is 0 Å². The molecule has 0 spiro atoms. The van der Waals surface area contributed by atoms with Gasteiger partial charge in [-0.1, -0.05) is 59.3 Å². The van der Waals surface area contributed by atoms with Crippen molar-refractivity contribution in [1.82, 2.24) is 14.9 Å². The van der Waals surface area contributed by atoms with Gasteiger partial charge in [-0.15, -0.1) is 11.3 Å². The molecule has 1 N–H and O–H groups in total. The number of aromatic nitrogens is 2. The van der Waals surface area contributed by atoms with E-state index in [2.05, 4.69) is 10.3 Å². The number of carbonyl (C=O) groups is 1. The third kappa shape index (κ3) is 4.59. The number of nitrogens with zero attached hydrogens (tertiary/aromatic N) is 2. The van der Waals surface area contributed by atoms with Crippen molar-refractivity contribution in [2.45, 2.75) is 18.6 Å². The minimum Gasteiger partial charge on any atom is -0.351 e. The van der Waals surface area contributed by atoms with Crippen LogP contribution in [0.15, 0.2) is 69.9 Å². The van der Waals surface area contributed by atoms with Gasteiger partial charge in [0.15, 0.2) is 5.16 Å². The van der Waals surface area contributed by atoms with Gasteiger partial charge in [-0.2, -0.15) is 0 Å². The second-order valence-corrected chi connectivity index (χ2v) is 9.00. The minimum atomic E-state index is -0.167. The van der Waals surface area contributed by atoms with Gasteiger partial charge in [-0.3, -0.25) is 14.2 Å². The third-order valence-electron chi connectivity index (χ3n) is 4.46. The Morgan fingerprint density at radius 1 is 1.20 bits per heavy atom. The van der Waals surface area contributed by atoms with Crippen molar-refractivity contribution in [1.29, 1.82) is 0 Å². The van der Waals surface area contributed by atoms with E-state index in [1.807, 2.05) is 42.6 Å². The summed E-state index contributed by atoms with van der Waals surface area (Å²) in [5.41, 5.74) is 3.30. The maximum absolute atomic E-state index is 13.1. The van der Waals surface area contributed by atoms with E-state index in [1.165, 1.54) is 33.2 Å². The fraction of sp³-hybridized carbons (Fsp3) is 0.136. The van der Waals surface area contributed by atoms with Crippen LogP contribution in [0.5, 0.6) is 0 Å². The molecule has 30 heavy (non-hydrogen) atoms. The Hall–Kier alpha value is -2.61. The zero-order chi connectivity index (χ0) is 21.1. The van der Waals surface area contributed by atoms with Crippen LogP contribution < -0.4 is 10.9 Å². The van der Waals surface area contributed by atoms with Crippen molar-refractivity contribution in [3.05, 3.63) is 86.5 Å². The van der Waals surface area contributed by atoms with Crippen LogP contribution in [0.4, 0.5) is 0 Å². The summed E-state index contributed by atoms with van der Waals surface area (Å²) in [6.45, 7) is 2.48. The topological polar surface area (TPSA) is 64.0 Å². The number of carbonyl (C=O) groups excluding carboxylic acids is 1. The summed E-state index contributed by atoms with van der Waals surface area (Å²) in [6, 6.07) is 16.9. The highest BCUT2D eigenvalue weighted by molar-refractivity contribution is 7.99. The second kappa shape index (κ2) is 9.04. The summed E-state index contributed by atoms with van der Waals surface area (Å²) in [5, 5.41) is 5.73. The number of thioether (sulfide) groups is 1. The standard InChI is InChI=1S/C22H18ClN3O2S2/c1-14-5-7-15(8-6-14)12-24-19(27)13-30-22-25-18-9-10-29-20(18)21(28)26(22)17-4-2-3-16(23)11-17/h2-11H,12-13H2,1H3,(H,24,27). The van der Waals surface area contributed by atoms with E-state index in [1.54, 1.807) is 24.3 Å². The molecule has 0 unspecified atom stereocenters. The molecule has 0 aliphatic heterocycles. The van der Waals surface area contributed by atoms with Crippen LogP contribution in [0.2, 0.25) is 5.02 Å². The highest BCUT2D eigenvalue weighted by Crippen LogP contribution is 2.24. The monoisotopic (exact) mass is 455 g/mol. The van der Waals surface area contributed by atoms with E-state index in [0.717, 1.165) is 5.56 Å². The van der Waals surface area contributed by atoms with Gasteiger partial charge in [0.2, 0.25) is 5.91 Å². The van der Waals surface area contributed by atoms with Gasteiger partial charge in [0, 0.05) is 11.6 Å². The summed E-state index contributed by atoms with van der Waals surface area (Å²) in [6.07, 6.45) is 0. The van der Waals surface area contributed by atoms with Crippen molar-refractivity contribution < 1.29 is 4.79 Å². The quantitative estimate of drug-likeness (QED) is 0.334. The molecule has 0 bridgehead atoms. The molecular weight excluding hydrogens is 438 g/mol. The number of aryl methyl sites for hydroxylation is 1. The van der Waals surface area contributed by atoms with E-state index >= 15 is 0 Å². The first-order chi connectivity index (χ1) is 14.5. The fourth-order valence-electron chi connectivity index (χ4n) is 2.92. The van der Waals surface area contributed by atoms with Gasteiger partial charge in [0.25, 0.3) is 5.56 Å². The average Bonchev–Trinajstić information content (AvgIpc) is 3.21. The van der Waals surface area contributed by atoms with Gasteiger partial charge >= 0.3 is 0 Å². The molecule has 0 fully saturated rings. The average molecular weight is 456 g/mol. The largest absolute Gasteiger partial charge is 0.351 e. The van der Waals surface area contributed by atoms with Gasteiger partial charge < -0.3 is 5.32 Å². The second-order valence-electron chi connectivity index (χ2n) is 6.70. The van der Waals surface area contributed by atoms with E-state index in [9.17, 15) is 9.59 Å². The summed E-state index contributed by atoms with van der Waals surface area (Å²) in [5.74, 6) is 0.0204. The molecule has 4 rings (SSSR count). The molecular formula is C22H18ClN3O2S2. The predicted octanol–water partition coefficient (Wildman–Crippen LogP) is 4.82. The lowest BCUT2D eigenvalue weighted by Crippen LogP contribution is -2.26. The van der Waals surface area contributed by atoms with Gasteiger partial charge in [0.05, 0.1) is 17.0 Å². The first kappa shape index (κ1) is 20.7. The molecule has 0 aliphatic rings. The molecule has 0 saturated heterocycles. The lowest BCUT2D eigenvalue weighted by atomic mass is 10.1. The maximum Gasteiger partial charge on any atom is 0.276 e. The van der Waals surface area contributed by atoms with E-state index in [0.29, 0.717) is 32.6 Å². The molecule has 0 aliphatic carbocycles. The zero-order valence-electron chi connectivity index (χ0n) is 16.1. The molecule has 8 heteroatoms. The fourth-order valence-corrected chi connectivity index (χ4v) is 4.71. The molecule has 4 aromatic rings. The van der Waals surface area contributed by atoms with Gasteiger partial charge in [-0.25, -0.2) is 4.98 Å². The molecule has 0 radical (unpaired) electrons. The maximum atomic E-state index is 13.1. The van der Waals surface area contributed by atoms with Crippen LogP contribution in [0.1, 0.15) is 11.1 Å². The van der Waals surface area contributed by atoms with Crippen LogP contribution in [-0.4, -0.2) is 21.2 Å². The van der Waals surface area contributed by atoms with Crippen LogP contribution in [0.25, 0.3) is 15.9 Å². The van der Waals surface area contributed by atoms with E-state index < -0.39 is 0 Å². The normalized spacial score (nSPS) is 11.0. The Morgan fingerprint density at radius 2 is 2.00 bits per heavy atom. The van der Waals surface area contributed by atoms with Gasteiger partial charge in [0.1, 0.15) is 4.70 Å². The highest BCUT2D eigenvalue weighted by Gasteiger charge is 2.16. The van der Waals surface area contributed by atoms with Gasteiger partial charge in [-0.05, 0) is 42.1 Å². The first-order valence-electron chi connectivity index (χ1n) is 9.22. The molecule has 2 aromatic heterocycles. The number of rotatable bonds is 6. The number of thiophene rings is 1. The van der Waals surface area contributed by atoms with Crippen molar-refractivity contribution in [3.8, 4) is 5.69 Å². The van der Waals surface area contributed by atoms with E-state index in [4.69, 9.17) is 11.6 Å². The molecule has 1 amide bonds. The van der Waals surface area contributed by atoms with Crippen LogP contribution in [0.3, 0.4) is 0 Å². The van der Waals surface area contributed by atoms with E-state index in [-0.39, 0.29) is 17.2 Å². The molecule has 152 valence electrons. The molecule has 5 nitrogen and oxygen atoms in total. The number of amides is 1. The van der Waals surface area contributed by atoms with Crippen LogP contribution >= 0.6 is 34.7 Å². The number of halogens is 1. The Morgan fingerprint density at radius 3 is 2.77 bits per heavy atom. The Balaban J connectivity index is 1.56. The molecule has 0 saturated carbocycles.